The molecule has 4 unspecified atom stereocenters. The van der Waals surface area contributed by atoms with Crippen molar-refractivity contribution in [1.29, 1.82) is 0 Å². The number of aromatic nitrogens is 6. The Hall–Kier alpha value is -4.40. The van der Waals surface area contributed by atoms with Gasteiger partial charge in [-0.3, -0.25) is 0 Å². The van der Waals surface area contributed by atoms with Crippen molar-refractivity contribution in [2.75, 3.05) is 36.9 Å². The molecule has 48 heavy (non-hydrogen) atoms. The molecule has 1 fully saturated rings. The van der Waals surface area contributed by atoms with E-state index in [9.17, 15) is 9.90 Å². The van der Waals surface area contributed by atoms with Gasteiger partial charge in [0.1, 0.15) is 44.0 Å². The van der Waals surface area contributed by atoms with Crippen molar-refractivity contribution in [2.45, 2.75) is 44.4 Å². The average Bonchev–Trinajstić information content (AvgIpc) is 3.84. The third-order valence-corrected chi connectivity index (χ3v) is 8.58. The molecule has 3 N–H and O–H groups in total. The van der Waals surface area contributed by atoms with Gasteiger partial charge < -0.3 is 30.0 Å². The molecule has 0 aliphatic carbocycles. The molecule has 252 valence electrons. The van der Waals surface area contributed by atoms with Crippen LogP contribution in [0.4, 0.5) is 11.4 Å². The quantitative estimate of drug-likeness (QED) is 0.140. The zero-order valence-electron chi connectivity index (χ0n) is 26.4. The van der Waals surface area contributed by atoms with Crippen LogP contribution in [-0.2, 0) is 21.8 Å². The molecule has 5 aromatic rings. The number of nitrogens with zero attached hydrogens (tertiary/aromatic N) is 6. The summed E-state index contributed by atoms with van der Waals surface area (Å²) in [7, 11) is 0. The summed E-state index contributed by atoms with van der Waals surface area (Å²) in [5.41, 5.74) is 2.92. The highest BCUT2D eigenvalue weighted by Crippen LogP contribution is 2.40. The second kappa shape index (κ2) is 14.8. The van der Waals surface area contributed by atoms with Crippen LogP contribution in [0, 0.1) is 0 Å². The van der Waals surface area contributed by atoms with Gasteiger partial charge in [0.05, 0.1) is 29.5 Å². The van der Waals surface area contributed by atoms with E-state index in [1.165, 1.54) is 21.9 Å². The predicted octanol–water partition coefficient (Wildman–Crippen LogP) is 4.75. The summed E-state index contributed by atoms with van der Waals surface area (Å²) < 4.78 is 23.1. The number of ether oxygens (including phenoxy) is 3. The highest BCUT2D eigenvalue weighted by Gasteiger charge is 2.45. The van der Waals surface area contributed by atoms with Gasteiger partial charge in [0, 0.05) is 35.1 Å². The number of aliphatic hydroxyl groups is 1. The number of rotatable bonds is 14. The molecule has 0 bridgehead atoms. The molecule has 0 spiro atoms. The fraction of sp³-hybridized carbons (Fsp3) is 0.333. The third-order valence-electron chi connectivity index (χ3n) is 8.03. The second-order valence-electron chi connectivity index (χ2n) is 11.5. The van der Waals surface area contributed by atoms with E-state index in [1.54, 1.807) is 43.1 Å². The van der Waals surface area contributed by atoms with E-state index in [4.69, 9.17) is 37.4 Å². The first-order chi connectivity index (χ1) is 23.2. The molecule has 3 heterocycles. The molecule has 15 heteroatoms. The molecule has 0 saturated carbocycles. The second-order valence-corrected chi connectivity index (χ2v) is 12.3. The minimum atomic E-state index is -1.17. The van der Waals surface area contributed by atoms with Crippen LogP contribution in [0.25, 0.3) is 5.69 Å². The zero-order chi connectivity index (χ0) is 33.7. The van der Waals surface area contributed by atoms with Gasteiger partial charge in [-0.05, 0) is 74.5 Å². The van der Waals surface area contributed by atoms with Crippen molar-refractivity contribution in [3.8, 4) is 11.4 Å². The third kappa shape index (κ3) is 7.66. The monoisotopic (exact) mass is 694 g/mol. The van der Waals surface area contributed by atoms with Crippen molar-refractivity contribution in [1.82, 2.24) is 29.1 Å². The normalized spacial score (nSPS) is 18.8. The molecular formula is C33H36Cl2N8O5. The van der Waals surface area contributed by atoms with E-state index in [0.29, 0.717) is 46.7 Å². The standard InChI is InChI=1S/C33H36Cl2N8O5/c1-22(23(2)44)43-32(45)42(21-40-43)27-8-4-25(5-9-27)37-13-14-38-26-6-10-28(11-7-26)46-16-29-17-47-33(48-29,18-41-20-36-19-39-41)30-12-3-24(34)15-31(30)35/h3-12,15,19-23,29,37-38,44H,13-14,16-18H2,1-2H3. The van der Waals surface area contributed by atoms with Crippen molar-refractivity contribution in [3.05, 3.63) is 112 Å². The molecule has 1 aliphatic heterocycles. The molecule has 1 saturated heterocycles. The molecule has 1 aliphatic rings. The number of halogens is 2. The molecule has 0 amide bonds. The van der Waals surface area contributed by atoms with Crippen molar-refractivity contribution < 1.29 is 19.3 Å². The fourth-order valence-corrected chi connectivity index (χ4v) is 5.82. The number of anilines is 2. The minimum Gasteiger partial charge on any atom is -0.491 e. The Morgan fingerprint density at radius 2 is 1.71 bits per heavy atom. The van der Waals surface area contributed by atoms with Crippen LogP contribution in [0.3, 0.4) is 0 Å². The van der Waals surface area contributed by atoms with E-state index in [0.717, 1.165) is 11.4 Å². The van der Waals surface area contributed by atoms with Gasteiger partial charge in [0.15, 0.2) is 0 Å². The van der Waals surface area contributed by atoms with Crippen LogP contribution < -0.4 is 21.1 Å². The van der Waals surface area contributed by atoms with E-state index in [-0.39, 0.29) is 24.9 Å². The smallest absolute Gasteiger partial charge is 0.350 e. The van der Waals surface area contributed by atoms with Crippen LogP contribution in [-0.4, -0.2) is 72.7 Å². The molecule has 4 atom stereocenters. The van der Waals surface area contributed by atoms with Crippen molar-refractivity contribution >= 4 is 34.6 Å². The van der Waals surface area contributed by atoms with Crippen LogP contribution in [0.1, 0.15) is 25.5 Å². The minimum absolute atomic E-state index is 0.254. The first-order valence-corrected chi connectivity index (χ1v) is 16.2. The van der Waals surface area contributed by atoms with Crippen LogP contribution in [0.15, 0.2) is 90.5 Å². The largest absolute Gasteiger partial charge is 0.491 e. The molecular weight excluding hydrogens is 659 g/mol. The lowest BCUT2D eigenvalue weighted by Crippen LogP contribution is -2.35. The summed E-state index contributed by atoms with van der Waals surface area (Å²) in [5, 5.41) is 25.9. The first-order valence-electron chi connectivity index (χ1n) is 15.5. The number of aliphatic hydroxyl groups excluding tert-OH is 1. The molecule has 2 aromatic heterocycles. The number of benzene rings is 3. The summed E-state index contributed by atoms with van der Waals surface area (Å²) in [6, 6.07) is 20.0. The lowest BCUT2D eigenvalue weighted by molar-refractivity contribution is -0.190. The number of nitrogens with one attached hydrogen (secondary N) is 2. The predicted molar refractivity (Wildman–Crippen MR) is 182 cm³/mol. The van der Waals surface area contributed by atoms with E-state index in [2.05, 4.69) is 25.8 Å². The fourth-order valence-electron chi connectivity index (χ4n) is 5.27. The van der Waals surface area contributed by atoms with Crippen LogP contribution in [0.2, 0.25) is 10.0 Å². The Morgan fingerprint density at radius 1 is 1.00 bits per heavy atom. The summed E-state index contributed by atoms with van der Waals surface area (Å²) in [6.45, 7) is 5.57. The zero-order valence-corrected chi connectivity index (χ0v) is 27.9. The highest BCUT2D eigenvalue weighted by atomic mass is 35.5. The topological polar surface area (TPSA) is 143 Å². The van der Waals surface area contributed by atoms with Gasteiger partial charge in [-0.1, -0.05) is 29.3 Å². The summed E-state index contributed by atoms with van der Waals surface area (Å²) in [4.78, 5) is 16.7. The van der Waals surface area contributed by atoms with E-state index >= 15 is 0 Å². The number of hydrogen-bond donors (Lipinski definition) is 3. The number of hydrogen-bond acceptors (Lipinski definition) is 10. The maximum Gasteiger partial charge on any atom is 0.350 e. The summed E-state index contributed by atoms with van der Waals surface area (Å²) in [5.74, 6) is -0.472. The van der Waals surface area contributed by atoms with Crippen molar-refractivity contribution in [3.63, 3.8) is 0 Å². The van der Waals surface area contributed by atoms with Gasteiger partial charge in [0.2, 0.25) is 5.79 Å². The van der Waals surface area contributed by atoms with Gasteiger partial charge in [-0.15, -0.1) is 0 Å². The maximum absolute atomic E-state index is 12.7. The summed E-state index contributed by atoms with van der Waals surface area (Å²) in [6.07, 6.45) is 3.47. The van der Waals surface area contributed by atoms with E-state index in [1.807, 2.05) is 48.5 Å². The summed E-state index contributed by atoms with van der Waals surface area (Å²) >= 11 is 12.7. The van der Waals surface area contributed by atoms with Gasteiger partial charge in [0.25, 0.3) is 0 Å². The first kappa shape index (κ1) is 33.5. The Bertz CT molecular complexity index is 1850. The Kier molecular flexibility index (Phi) is 10.3. The molecule has 13 nitrogen and oxygen atoms in total. The van der Waals surface area contributed by atoms with E-state index < -0.39 is 17.9 Å². The highest BCUT2D eigenvalue weighted by molar-refractivity contribution is 6.35. The van der Waals surface area contributed by atoms with Gasteiger partial charge in [-0.25, -0.2) is 23.7 Å². The Labute approximate surface area is 287 Å². The lowest BCUT2D eigenvalue weighted by Gasteiger charge is -2.29. The van der Waals surface area contributed by atoms with Gasteiger partial charge in [-0.2, -0.15) is 10.2 Å². The lowest BCUT2D eigenvalue weighted by atomic mass is 10.1. The maximum atomic E-state index is 12.7. The average molecular weight is 696 g/mol. The van der Waals surface area contributed by atoms with Crippen LogP contribution >= 0.6 is 23.2 Å². The van der Waals surface area contributed by atoms with Crippen molar-refractivity contribution in [2.24, 2.45) is 0 Å². The molecule has 0 radical (unpaired) electrons. The molecule has 3 aromatic carbocycles. The van der Waals surface area contributed by atoms with Crippen LogP contribution in [0.5, 0.6) is 5.75 Å². The Balaban J connectivity index is 0.965. The SMILES string of the molecule is CC(O)C(C)n1ncn(-c2ccc(NCCNc3ccc(OCC4COC(Cn5cncn5)(c5ccc(Cl)cc5Cl)O4)cc3)cc2)c1=O. The Morgan fingerprint density at radius 3 is 2.35 bits per heavy atom. The van der Waals surface area contributed by atoms with Gasteiger partial charge >= 0.3 is 5.69 Å². The molecule has 6 rings (SSSR count).